The number of H-pyrrole nitrogens is 1. The lowest BCUT2D eigenvalue weighted by Gasteiger charge is -2.28. The van der Waals surface area contributed by atoms with Gasteiger partial charge in [0.15, 0.2) is 0 Å². The van der Waals surface area contributed by atoms with Crippen molar-refractivity contribution in [1.82, 2.24) is 25.9 Å². The minimum Gasteiger partial charge on any atom is -0.481 e. The summed E-state index contributed by atoms with van der Waals surface area (Å²) in [5, 5.41) is 34.6. The molecule has 0 radical (unpaired) electrons. The van der Waals surface area contributed by atoms with E-state index in [-0.39, 0.29) is 12.8 Å². The van der Waals surface area contributed by atoms with Crippen LogP contribution in [0, 0.1) is 5.92 Å². The number of carboxylic acids is 2. The maximum absolute atomic E-state index is 12.9. The van der Waals surface area contributed by atoms with Crippen molar-refractivity contribution in [2.75, 3.05) is 6.61 Å². The van der Waals surface area contributed by atoms with Crippen LogP contribution in [0.15, 0.2) is 12.5 Å². The van der Waals surface area contributed by atoms with Gasteiger partial charge in [-0.25, -0.2) is 9.78 Å². The van der Waals surface area contributed by atoms with Gasteiger partial charge in [0, 0.05) is 24.7 Å². The van der Waals surface area contributed by atoms with Crippen LogP contribution in [0.25, 0.3) is 0 Å². The highest BCUT2D eigenvalue weighted by atomic mass is 16.4. The number of aliphatic hydroxyl groups excluding tert-OH is 1. The van der Waals surface area contributed by atoms with Crippen LogP contribution in [-0.2, 0) is 30.4 Å². The monoisotopic (exact) mass is 484 g/mol. The van der Waals surface area contributed by atoms with E-state index in [2.05, 4.69) is 25.9 Å². The molecule has 1 heterocycles. The van der Waals surface area contributed by atoms with E-state index in [0.717, 1.165) is 0 Å². The van der Waals surface area contributed by atoms with E-state index in [4.69, 9.17) is 15.9 Å². The normalized spacial score (nSPS) is 15.3. The van der Waals surface area contributed by atoms with Crippen molar-refractivity contribution >= 4 is 29.7 Å². The highest BCUT2D eigenvalue weighted by Gasteiger charge is 2.33. The first-order valence-corrected chi connectivity index (χ1v) is 10.7. The molecule has 1 rings (SSSR count). The van der Waals surface area contributed by atoms with Crippen LogP contribution in [0.4, 0.5) is 0 Å². The number of imidazole rings is 1. The molecule has 5 atom stereocenters. The van der Waals surface area contributed by atoms with Gasteiger partial charge >= 0.3 is 11.9 Å². The topological polar surface area (TPSA) is 237 Å². The van der Waals surface area contributed by atoms with Gasteiger partial charge in [-0.3, -0.25) is 19.2 Å². The Morgan fingerprint density at radius 2 is 1.71 bits per heavy atom. The summed E-state index contributed by atoms with van der Waals surface area (Å²) in [6.45, 7) is 2.74. The van der Waals surface area contributed by atoms with Gasteiger partial charge in [0.25, 0.3) is 0 Å². The second-order valence-corrected chi connectivity index (χ2v) is 7.83. The summed E-state index contributed by atoms with van der Waals surface area (Å²) in [5.41, 5.74) is 5.92. The number of hydrogen-bond acceptors (Lipinski definition) is 8. The molecule has 14 heteroatoms. The van der Waals surface area contributed by atoms with Crippen LogP contribution < -0.4 is 21.7 Å². The molecule has 0 aliphatic rings. The number of nitrogens with zero attached hydrogens (tertiary/aromatic N) is 1. The molecule has 5 unspecified atom stereocenters. The van der Waals surface area contributed by atoms with Crippen LogP contribution in [0.5, 0.6) is 0 Å². The fourth-order valence-corrected chi connectivity index (χ4v) is 2.93. The van der Waals surface area contributed by atoms with Gasteiger partial charge in [-0.1, -0.05) is 20.3 Å². The predicted molar refractivity (Wildman–Crippen MR) is 117 cm³/mol. The van der Waals surface area contributed by atoms with E-state index >= 15 is 0 Å². The standard InChI is InChI=1S/C20H32N6O8/c1-3-10(2)16(19(32)25-14(20(33)34)6-11-7-22-9-23-11)26-18(31)13(4-5-15(28)29)24-17(30)12(21)8-27/h7,9-10,12-14,16,27H,3-6,8,21H2,1-2H3,(H,22,23)(H,24,30)(H,25,32)(H,26,31)(H,28,29)(H,33,34). The maximum atomic E-state index is 12.9. The van der Waals surface area contributed by atoms with Gasteiger partial charge in [0.2, 0.25) is 17.7 Å². The number of nitrogens with one attached hydrogen (secondary N) is 4. The zero-order chi connectivity index (χ0) is 25.8. The fraction of sp³-hybridized carbons (Fsp3) is 0.600. The van der Waals surface area contributed by atoms with Gasteiger partial charge in [0.05, 0.1) is 12.9 Å². The summed E-state index contributed by atoms with van der Waals surface area (Å²) in [5.74, 6) is -5.41. The quantitative estimate of drug-likeness (QED) is 0.133. The molecule has 0 aliphatic carbocycles. The third kappa shape index (κ3) is 9.15. The Balaban J connectivity index is 3.01. The molecule has 9 N–H and O–H groups in total. The van der Waals surface area contributed by atoms with E-state index in [1.54, 1.807) is 13.8 Å². The highest BCUT2D eigenvalue weighted by molar-refractivity contribution is 5.94. The Hall–Kier alpha value is -3.52. The van der Waals surface area contributed by atoms with Crippen molar-refractivity contribution in [2.45, 2.75) is 63.7 Å². The Morgan fingerprint density at radius 3 is 2.21 bits per heavy atom. The second kappa shape index (κ2) is 13.9. The zero-order valence-electron chi connectivity index (χ0n) is 19.0. The molecule has 0 saturated carbocycles. The lowest BCUT2D eigenvalue weighted by atomic mass is 9.97. The molecule has 1 aromatic rings. The number of carboxylic acid groups (broad SMARTS) is 2. The SMILES string of the molecule is CCC(C)C(NC(=O)C(CCC(=O)O)NC(=O)C(N)CO)C(=O)NC(Cc1cnc[nH]1)C(=O)O. The van der Waals surface area contributed by atoms with Gasteiger partial charge in [-0.15, -0.1) is 0 Å². The largest absolute Gasteiger partial charge is 0.481 e. The molecule has 0 aromatic carbocycles. The number of carbonyl (C=O) groups excluding carboxylic acids is 3. The first-order valence-electron chi connectivity index (χ1n) is 10.7. The first-order chi connectivity index (χ1) is 16.0. The third-order valence-electron chi connectivity index (χ3n) is 5.20. The number of rotatable bonds is 15. The molecule has 14 nitrogen and oxygen atoms in total. The Labute approximate surface area is 195 Å². The molecular formula is C20H32N6O8. The highest BCUT2D eigenvalue weighted by Crippen LogP contribution is 2.11. The lowest BCUT2D eigenvalue weighted by Crippen LogP contribution is -2.59. The number of hydrogen-bond donors (Lipinski definition) is 8. The minimum atomic E-state index is -1.35. The van der Waals surface area contributed by atoms with Gasteiger partial charge < -0.3 is 42.0 Å². The van der Waals surface area contributed by atoms with Gasteiger partial charge in [-0.2, -0.15) is 0 Å². The summed E-state index contributed by atoms with van der Waals surface area (Å²) in [4.78, 5) is 67.0. The molecule has 0 bridgehead atoms. The number of amides is 3. The van der Waals surface area contributed by atoms with E-state index in [1.165, 1.54) is 12.5 Å². The maximum Gasteiger partial charge on any atom is 0.326 e. The molecular weight excluding hydrogens is 452 g/mol. The average molecular weight is 485 g/mol. The van der Waals surface area contributed by atoms with Crippen molar-refractivity contribution in [2.24, 2.45) is 11.7 Å². The zero-order valence-corrected chi connectivity index (χ0v) is 19.0. The summed E-state index contributed by atoms with van der Waals surface area (Å²) < 4.78 is 0. The predicted octanol–water partition coefficient (Wildman–Crippen LogP) is -2.28. The molecule has 190 valence electrons. The minimum absolute atomic E-state index is 0.0708. The van der Waals surface area contributed by atoms with Crippen LogP contribution in [0.3, 0.4) is 0 Å². The van der Waals surface area contributed by atoms with Crippen LogP contribution >= 0.6 is 0 Å². The number of aromatic nitrogens is 2. The van der Waals surface area contributed by atoms with Crippen LogP contribution in [-0.4, -0.2) is 85.7 Å². The third-order valence-corrected chi connectivity index (χ3v) is 5.20. The van der Waals surface area contributed by atoms with Crippen molar-refractivity contribution in [3.63, 3.8) is 0 Å². The van der Waals surface area contributed by atoms with Crippen molar-refractivity contribution in [3.05, 3.63) is 18.2 Å². The summed E-state index contributed by atoms with van der Waals surface area (Å²) in [6, 6.07) is -5.15. The van der Waals surface area contributed by atoms with Crippen molar-refractivity contribution in [1.29, 1.82) is 0 Å². The first kappa shape index (κ1) is 28.5. The summed E-state index contributed by atoms with van der Waals surface area (Å²) >= 11 is 0. The van der Waals surface area contributed by atoms with E-state index in [9.17, 15) is 29.1 Å². The van der Waals surface area contributed by atoms with E-state index in [1.807, 2.05) is 0 Å². The average Bonchev–Trinajstić information content (AvgIpc) is 3.31. The van der Waals surface area contributed by atoms with Crippen LogP contribution in [0.1, 0.15) is 38.8 Å². The smallest absolute Gasteiger partial charge is 0.326 e. The number of aromatic amines is 1. The van der Waals surface area contributed by atoms with E-state index < -0.39 is 72.8 Å². The Kier molecular flexibility index (Phi) is 11.7. The molecule has 34 heavy (non-hydrogen) atoms. The molecule has 0 saturated heterocycles. The molecule has 3 amide bonds. The molecule has 0 aliphatic heterocycles. The second-order valence-electron chi connectivity index (χ2n) is 7.83. The summed E-state index contributed by atoms with van der Waals surface area (Å²) in [7, 11) is 0. The molecule has 0 fully saturated rings. The number of aliphatic carboxylic acids is 2. The Morgan fingerprint density at radius 1 is 1.06 bits per heavy atom. The van der Waals surface area contributed by atoms with Crippen molar-refractivity contribution in [3.8, 4) is 0 Å². The number of aliphatic hydroxyl groups is 1. The Bertz CT molecular complexity index is 846. The fourth-order valence-electron chi connectivity index (χ4n) is 2.93. The van der Waals surface area contributed by atoms with Crippen molar-refractivity contribution < 1.29 is 39.3 Å². The number of carbonyl (C=O) groups is 5. The molecule has 1 aromatic heterocycles. The van der Waals surface area contributed by atoms with Gasteiger partial charge in [-0.05, 0) is 12.3 Å². The lowest BCUT2D eigenvalue weighted by molar-refractivity contribution is -0.142. The van der Waals surface area contributed by atoms with E-state index in [0.29, 0.717) is 12.1 Å². The van der Waals surface area contributed by atoms with Crippen LogP contribution in [0.2, 0.25) is 0 Å². The van der Waals surface area contributed by atoms with Gasteiger partial charge in [0.1, 0.15) is 24.2 Å². The number of nitrogens with two attached hydrogens (primary N) is 1. The summed E-state index contributed by atoms with van der Waals surface area (Å²) in [6.07, 6.45) is 2.40. The molecule has 0 spiro atoms.